The van der Waals surface area contributed by atoms with Crippen LogP contribution in [0.3, 0.4) is 0 Å². The van der Waals surface area contributed by atoms with Crippen molar-refractivity contribution in [1.82, 2.24) is 4.31 Å². The van der Waals surface area contributed by atoms with E-state index in [1.54, 1.807) is 0 Å². The Morgan fingerprint density at radius 2 is 1.85 bits per heavy atom. The maximum atomic E-state index is 12.7. The lowest BCUT2D eigenvalue weighted by Crippen LogP contribution is -2.34. The maximum Gasteiger partial charge on any atom is 0.393 e. The zero-order chi connectivity index (χ0) is 15.6. The highest BCUT2D eigenvalue weighted by molar-refractivity contribution is 7.89. The third kappa shape index (κ3) is 4.05. The van der Waals surface area contributed by atoms with Crippen LogP contribution in [-0.4, -0.2) is 55.5 Å². The highest BCUT2D eigenvalue weighted by Crippen LogP contribution is 2.38. The van der Waals surface area contributed by atoms with Gasteiger partial charge in [0.2, 0.25) is 10.0 Å². The summed E-state index contributed by atoms with van der Waals surface area (Å²) >= 11 is 0. The largest absolute Gasteiger partial charge is 0.481 e. The van der Waals surface area contributed by atoms with Gasteiger partial charge in [0, 0.05) is 13.1 Å². The van der Waals surface area contributed by atoms with Crippen molar-refractivity contribution in [2.75, 3.05) is 25.5 Å². The monoisotopic (exact) mass is 321 g/mol. The van der Waals surface area contributed by atoms with Gasteiger partial charge in [0.1, 0.15) is 0 Å². The molecule has 0 aromatic rings. The highest BCUT2D eigenvalue weighted by Gasteiger charge is 2.54. The lowest BCUT2D eigenvalue weighted by atomic mass is 9.96. The van der Waals surface area contributed by atoms with Crippen LogP contribution in [-0.2, 0) is 14.8 Å². The summed E-state index contributed by atoms with van der Waals surface area (Å²) in [5.74, 6) is -6.16. The van der Waals surface area contributed by atoms with Crippen molar-refractivity contribution in [3.63, 3.8) is 0 Å². The first-order valence-corrected chi connectivity index (χ1v) is 7.54. The quantitative estimate of drug-likeness (QED) is 0.590. The zero-order valence-corrected chi connectivity index (χ0v) is 11.3. The number of rotatable bonds is 6. The summed E-state index contributed by atoms with van der Waals surface area (Å²) in [7, 11) is -3.99. The Labute approximate surface area is 113 Å². The predicted molar refractivity (Wildman–Crippen MR) is 61.2 cm³/mol. The van der Waals surface area contributed by atoms with Crippen molar-refractivity contribution >= 4 is 16.0 Å². The molecule has 0 spiro atoms. The Morgan fingerprint density at radius 1 is 1.25 bits per heavy atom. The number of nitrogens with zero attached hydrogens (tertiary/aromatic N) is 1. The second-order valence-electron chi connectivity index (χ2n) is 4.62. The number of hydrogen-bond acceptors (Lipinski definition) is 3. The van der Waals surface area contributed by atoms with Crippen LogP contribution in [0, 0.1) is 11.8 Å². The van der Waals surface area contributed by atoms with E-state index in [-0.39, 0.29) is 12.8 Å². The molecular weight excluding hydrogens is 306 g/mol. The van der Waals surface area contributed by atoms with E-state index >= 15 is 0 Å². The van der Waals surface area contributed by atoms with Crippen LogP contribution in [0.5, 0.6) is 0 Å². The third-order valence-electron chi connectivity index (χ3n) is 3.20. The summed E-state index contributed by atoms with van der Waals surface area (Å²) in [5, 5.41) is 8.77. The Hall–Kier alpha value is -0.900. The number of carboxylic acid groups (broad SMARTS) is 1. The molecule has 1 fully saturated rings. The molecule has 2 atom stereocenters. The Morgan fingerprint density at radius 3 is 2.25 bits per heavy atom. The normalized spacial score (nSPS) is 25.0. The fourth-order valence-corrected chi connectivity index (χ4v) is 3.69. The standard InChI is InChI=1S/C10H15F4NO4S/c11-3-1-2-4-20(18,19)15-5-7(9(16)17)8(6-15)10(12,13)14/h7-8H,1-6H2,(H,16,17)/t7-,8-/m1/s1. The van der Waals surface area contributed by atoms with Gasteiger partial charge in [-0.2, -0.15) is 13.2 Å². The lowest BCUT2D eigenvalue weighted by molar-refractivity contribution is -0.187. The minimum atomic E-state index is -4.77. The summed E-state index contributed by atoms with van der Waals surface area (Å²) < 4.78 is 74.1. The van der Waals surface area contributed by atoms with Gasteiger partial charge in [-0.3, -0.25) is 9.18 Å². The van der Waals surface area contributed by atoms with Gasteiger partial charge >= 0.3 is 12.1 Å². The van der Waals surface area contributed by atoms with Crippen LogP contribution in [0.2, 0.25) is 0 Å². The molecule has 0 aromatic carbocycles. The van der Waals surface area contributed by atoms with E-state index in [1.165, 1.54) is 0 Å². The number of halogens is 4. The molecule has 0 amide bonds. The smallest absolute Gasteiger partial charge is 0.393 e. The fraction of sp³-hybridized carbons (Fsp3) is 0.900. The fourth-order valence-electron chi connectivity index (χ4n) is 2.08. The van der Waals surface area contributed by atoms with Gasteiger partial charge in [-0.15, -0.1) is 0 Å². The van der Waals surface area contributed by atoms with E-state index < -0.39 is 59.5 Å². The molecule has 1 heterocycles. The summed E-state index contributed by atoms with van der Waals surface area (Å²) in [6.45, 7) is -2.30. The van der Waals surface area contributed by atoms with Gasteiger partial charge in [0.25, 0.3) is 0 Å². The van der Waals surface area contributed by atoms with Gasteiger partial charge in [-0.05, 0) is 12.8 Å². The van der Waals surface area contributed by atoms with E-state index in [9.17, 15) is 30.8 Å². The predicted octanol–water partition coefficient (Wildman–Crippen LogP) is 1.26. The van der Waals surface area contributed by atoms with Crippen molar-refractivity contribution in [3.8, 4) is 0 Å². The second-order valence-corrected chi connectivity index (χ2v) is 6.71. The molecule has 0 unspecified atom stereocenters. The Kier molecular flexibility index (Phi) is 5.36. The Bertz CT molecular complexity index is 451. The molecule has 1 N–H and O–H groups in total. The molecular formula is C10H15F4NO4S. The number of aliphatic carboxylic acids is 1. The molecule has 10 heteroatoms. The number of carbonyl (C=O) groups is 1. The average Bonchev–Trinajstić information content (AvgIpc) is 2.74. The SMILES string of the molecule is O=C(O)[C@@H]1CN(S(=O)(=O)CCCCF)C[C@H]1C(F)(F)F. The summed E-state index contributed by atoms with van der Waals surface area (Å²) in [5.41, 5.74) is 0. The summed E-state index contributed by atoms with van der Waals surface area (Å²) in [4.78, 5) is 10.8. The number of sulfonamides is 1. The first-order chi connectivity index (χ1) is 9.09. The number of alkyl halides is 4. The van der Waals surface area contributed by atoms with Crippen molar-refractivity contribution in [2.45, 2.75) is 19.0 Å². The Balaban J connectivity index is 2.82. The molecule has 1 aliphatic rings. The van der Waals surface area contributed by atoms with E-state index in [1.807, 2.05) is 0 Å². The van der Waals surface area contributed by atoms with Crippen LogP contribution < -0.4 is 0 Å². The van der Waals surface area contributed by atoms with Crippen molar-refractivity contribution in [3.05, 3.63) is 0 Å². The van der Waals surface area contributed by atoms with E-state index in [0.717, 1.165) is 0 Å². The molecule has 118 valence electrons. The number of carboxylic acids is 1. The van der Waals surface area contributed by atoms with E-state index in [4.69, 9.17) is 5.11 Å². The molecule has 0 aromatic heterocycles. The minimum absolute atomic E-state index is 0.00186. The van der Waals surface area contributed by atoms with Crippen LogP contribution in [0.15, 0.2) is 0 Å². The van der Waals surface area contributed by atoms with Crippen LogP contribution in [0.1, 0.15) is 12.8 Å². The molecule has 1 saturated heterocycles. The van der Waals surface area contributed by atoms with Crippen LogP contribution in [0.25, 0.3) is 0 Å². The molecule has 0 bridgehead atoms. The summed E-state index contributed by atoms with van der Waals surface area (Å²) in [6.07, 6.45) is -4.78. The average molecular weight is 321 g/mol. The topological polar surface area (TPSA) is 74.7 Å². The van der Waals surface area contributed by atoms with Crippen molar-refractivity contribution in [1.29, 1.82) is 0 Å². The number of hydrogen-bond donors (Lipinski definition) is 1. The van der Waals surface area contributed by atoms with Crippen molar-refractivity contribution in [2.24, 2.45) is 11.8 Å². The van der Waals surface area contributed by atoms with Gasteiger partial charge < -0.3 is 5.11 Å². The number of unbranched alkanes of at least 4 members (excludes halogenated alkanes) is 1. The minimum Gasteiger partial charge on any atom is -0.481 e. The first-order valence-electron chi connectivity index (χ1n) is 5.93. The zero-order valence-electron chi connectivity index (χ0n) is 10.4. The molecule has 20 heavy (non-hydrogen) atoms. The highest BCUT2D eigenvalue weighted by atomic mass is 32.2. The first kappa shape index (κ1) is 17.2. The third-order valence-corrected chi connectivity index (χ3v) is 5.09. The molecule has 1 rings (SSSR count). The van der Waals surface area contributed by atoms with Gasteiger partial charge in [0.15, 0.2) is 0 Å². The van der Waals surface area contributed by atoms with Crippen LogP contribution in [0.4, 0.5) is 17.6 Å². The van der Waals surface area contributed by atoms with Crippen LogP contribution >= 0.6 is 0 Å². The maximum absolute atomic E-state index is 12.7. The lowest BCUT2D eigenvalue weighted by Gasteiger charge is -2.18. The van der Waals surface area contributed by atoms with Crippen molar-refractivity contribution < 1.29 is 35.9 Å². The van der Waals surface area contributed by atoms with Gasteiger partial charge in [-0.25, -0.2) is 12.7 Å². The second kappa shape index (κ2) is 6.25. The molecule has 5 nitrogen and oxygen atoms in total. The molecule has 0 saturated carbocycles. The van der Waals surface area contributed by atoms with Gasteiger partial charge in [0.05, 0.1) is 24.3 Å². The molecule has 1 aliphatic heterocycles. The molecule has 0 radical (unpaired) electrons. The van der Waals surface area contributed by atoms with E-state index in [2.05, 4.69) is 0 Å². The van der Waals surface area contributed by atoms with E-state index in [0.29, 0.717) is 4.31 Å². The summed E-state index contributed by atoms with van der Waals surface area (Å²) in [6, 6.07) is 0. The van der Waals surface area contributed by atoms with Gasteiger partial charge in [-0.1, -0.05) is 0 Å². The molecule has 0 aliphatic carbocycles.